The number of nitrogens with one attached hydrogen (secondary N) is 1. The second-order valence-corrected chi connectivity index (χ2v) is 7.71. The lowest BCUT2D eigenvalue weighted by Crippen LogP contribution is -2.38. The van der Waals surface area contributed by atoms with E-state index in [2.05, 4.69) is 10.3 Å². The summed E-state index contributed by atoms with van der Waals surface area (Å²) in [5.41, 5.74) is 3.41. The Morgan fingerprint density at radius 3 is 2.33 bits per heavy atom. The van der Waals surface area contributed by atoms with Gasteiger partial charge in [-0.3, -0.25) is 14.6 Å². The molecule has 2 amide bonds. The zero-order chi connectivity index (χ0) is 21.8. The topological polar surface area (TPSA) is 62.3 Å². The minimum Gasteiger partial charge on any atom is -0.330 e. The molecular formula is C23H23Cl2N3O2. The van der Waals surface area contributed by atoms with E-state index >= 15 is 0 Å². The molecule has 0 spiro atoms. The molecule has 0 radical (unpaired) electrons. The first-order chi connectivity index (χ1) is 14.4. The molecule has 5 nitrogen and oxygen atoms in total. The lowest BCUT2D eigenvalue weighted by atomic mass is 9.99. The van der Waals surface area contributed by atoms with Crippen LogP contribution in [0, 0.1) is 6.92 Å². The molecule has 0 aliphatic carbocycles. The molecule has 0 unspecified atom stereocenters. The van der Waals surface area contributed by atoms with Crippen LogP contribution < -0.4 is 5.32 Å². The van der Waals surface area contributed by atoms with Crippen LogP contribution >= 0.6 is 23.2 Å². The van der Waals surface area contributed by atoms with Gasteiger partial charge >= 0.3 is 0 Å². The number of fused-ring (bicyclic) bond motifs is 1. The van der Waals surface area contributed by atoms with Crippen LogP contribution in [-0.4, -0.2) is 34.8 Å². The van der Waals surface area contributed by atoms with Crippen LogP contribution in [0.15, 0.2) is 42.5 Å². The maximum absolute atomic E-state index is 13.5. The molecule has 0 saturated carbocycles. The Morgan fingerprint density at radius 2 is 1.70 bits per heavy atom. The normalized spacial score (nSPS) is 10.8. The molecule has 0 saturated heterocycles. The number of para-hydroxylation sites is 2. The van der Waals surface area contributed by atoms with Gasteiger partial charge < -0.3 is 10.2 Å². The van der Waals surface area contributed by atoms with Gasteiger partial charge in [-0.15, -0.1) is 0 Å². The lowest BCUT2D eigenvalue weighted by molar-refractivity contribution is -0.116. The van der Waals surface area contributed by atoms with Crippen LogP contribution in [0.3, 0.4) is 0 Å². The molecule has 30 heavy (non-hydrogen) atoms. The number of nitrogens with zero attached hydrogens (tertiary/aromatic N) is 2. The molecule has 0 fully saturated rings. The molecule has 0 aliphatic rings. The van der Waals surface area contributed by atoms with E-state index in [9.17, 15) is 9.59 Å². The van der Waals surface area contributed by atoms with Gasteiger partial charge in [0.2, 0.25) is 5.91 Å². The van der Waals surface area contributed by atoms with E-state index < -0.39 is 0 Å². The van der Waals surface area contributed by atoms with Crippen molar-refractivity contribution in [2.45, 2.75) is 27.2 Å². The fourth-order valence-corrected chi connectivity index (χ4v) is 3.92. The molecule has 2 aromatic carbocycles. The van der Waals surface area contributed by atoms with Crippen molar-refractivity contribution >= 4 is 51.6 Å². The second-order valence-electron chi connectivity index (χ2n) is 6.89. The Kier molecular flexibility index (Phi) is 6.95. The highest BCUT2D eigenvalue weighted by molar-refractivity contribution is 6.39. The van der Waals surface area contributed by atoms with Crippen molar-refractivity contribution in [3.05, 3.63) is 69.3 Å². The number of aromatic nitrogens is 1. The third-order valence-electron chi connectivity index (χ3n) is 5.02. The highest BCUT2D eigenvalue weighted by Crippen LogP contribution is 2.30. The maximum atomic E-state index is 13.5. The predicted octanol–water partition coefficient (Wildman–Crippen LogP) is 5.51. The minimum absolute atomic E-state index is 0.117. The number of anilines is 1. The number of hydrogen-bond acceptors (Lipinski definition) is 3. The number of aryl methyl sites for hydroxylation is 1. The van der Waals surface area contributed by atoms with Crippen molar-refractivity contribution in [1.82, 2.24) is 9.88 Å². The molecule has 7 heteroatoms. The van der Waals surface area contributed by atoms with Crippen molar-refractivity contribution in [2.24, 2.45) is 0 Å². The molecule has 0 aliphatic heterocycles. The van der Waals surface area contributed by atoms with Crippen molar-refractivity contribution < 1.29 is 9.59 Å². The molecular weight excluding hydrogens is 421 g/mol. The molecule has 0 bridgehead atoms. The number of pyridine rings is 1. The fourth-order valence-electron chi connectivity index (χ4n) is 3.43. The first-order valence-electron chi connectivity index (χ1n) is 9.78. The van der Waals surface area contributed by atoms with Gasteiger partial charge in [-0.2, -0.15) is 0 Å². The van der Waals surface area contributed by atoms with Crippen LogP contribution in [-0.2, 0) is 11.2 Å². The average Bonchev–Trinajstić information content (AvgIpc) is 2.74. The predicted molar refractivity (Wildman–Crippen MR) is 123 cm³/mol. The van der Waals surface area contributed by atoms with Crippen LogP contribution in [0.5, 0.6) is 0 Å². The SMILES string of the molecule is CCc1nc2ccccc2c(C(=O)N(CC)CC(=O)Nc2c(Cl)cccc2Cl)c1C. The summed E-state index contributed by atoms with van der Waals surface area (Å²) in [6.45, 7) is 6.02. The van der Waals surface area contributed by atoms with E-state index in [1.54, 1.807) is 18.2 Å². The van der Waals surface area contributed by atoms with Gasteiger partial charge in [0, 0.05) is 17.6 Å². The molecule has 3 aromatic rings. The largest absolute Gasteiger partial charge is 0.330 e. The van der Waals surface area contributed by atoms with Crippen molar-refractivity contribution in [3.8, 4) is 0 Å². The number of rotatable bonds is 6. The molecule has 1 aromatic heterocycles. The maximum Gasteiger partial charge on any atom is 0.255 e. The summed E-state index contributed by atoms with van der Waals surface area (Å²) >= 11 is 12.3. The monoisotopic (exact) mass is 443 g/mol. The minimum atomic E-state index is -0.369. The number of amides is 2. The number of halogens is 2. The van der Waals surface area contributed by atoms with Crippen LogP contribution in [0.25, 0.3) is 10.9 Å². The van der Waals surface area contributed by atoms with Gasteiger partial charge in [0.15, 0.2) is 0 Å². The Morgan fingerprint density at radius 1 is 1.03 bits per heavy atom. The highest BCUT2D eigenvalue weighted by atomic mass is 35.5. The number of carbonyl (C=O) groups is 2. The van der Waals surface area contributed by atoms with Gasteiger partial charge in [-0.1, -0.05) is 54.4 Å². The van der Waals surface area contributed by atoms with E-state index in [0.29, 0.717) is 34.3 Å². The second kappa shape index (κ2) is 9.45. The molecule has 3 rings (SSSR count). The summed E-state index contributed by atoms with van der Waals surface area (Å²) in [7, 11) is 0. The Balaban J connectivity index is 1.92. The van der Waals surface area contributed by atoms with Crippen LogP contribution in [0.2, 0.25) is 10.0 Å². The molecule has 0 atom stereocenters. The third kappa shape index (κ3) is 4.42. The zero-order valence-electron chi connectivity index (χ0n) is 17.1. The van der Waals surface area contributed by atoms with Crippen molar-refractivity contribution in [1.29, 1.82) is 0 Å². The zero-order valence-corrected chi connectivity index (χ0v) is 18.6. The standard InChI is InChI=1S/C23H23Cl2N3O2/c1-4-18-14(3)21(15-9-6-7-12-19(15)26-18)23(30)28(5-2)13-20(29)27-22-16(24)10-8-11-17(22)25/h6-12H,4-5,13H2,1-3H3,(H,27,29). The summed E-state index contributed by atoms with van der Waals surface area (Å²) in [5.74, 6) is -0.573. The van der Waals surface area contributed by atoms with E-state index in [0.717, 1.165) is 22.2 Å². The molecule has 1 heterocycles. The lowest BCUT2D eigenvalue weighted by Gasteiger charge is -2.23. The van der Waals surface area contributed by atoms with E-state index in [1.165, 1.54) is 4.90 Å². The first-order valence-corrected chi connectivity index (χ1v) is 10.5. The molecule has 1 N–H and O–H groups in total. The highest BCUT2D eigenvalue weighted by Gasteiger charge is 2.23. The fraction of sp³-hybridized carbons (Fsp3) is 0.261. The van der Waals surface area contributed by atoms with Crippen molar-refractivity contribution in [2.75, 3.05) is 18.4 Å². The number of hydrogen-bond donors (Lipinski definition) is 1. The summed E-state index contributed by atoms with van der Waals surface area (Å²) < 4.78 is 0. The van der Waals surface area contributed by atoms with E-state index in [4.69, 9.17) is 23.2 Å². The number of carbonyl (C=O) groups excluding carboxylic acids is 2. The summed E-state index contributed by atoms with van der Waals surface area (Å²) in [4.78, 5) is 32.3. The third-order valence-corrected chi connectivity index (χ3v) is 5.65. The van der Waals surface area contributed by atoms with Gasteiger partial charge in [0.25, 0.3) is 5.91 Å². The van der Waals surface area contributed by atoms with E-state index in [1.807, 2.05) is 45.0 Å². The molecule has 156 valence electrons. The summed E-state index contributed by atoms with van der Waals surface area (Å²) in [6, 6.07) is 12.6. The summed E-state index contributed by atoms with van der Waals surface area (Å²) in [6.07, 6.45) is 0.717. The van der Waals surface area contributed by atoms with Gasteiger partial charge in [0.1, 0.15) is 6.54 Å². The first kappa shape index (κ1) is 22.1. The smallest absolute Gasteiger partial charge is 0.255 e. The van der Waals surface area contributed by atoms with Crippen LogP contribution in [0.4, 0.5) is 5.69 Å². The Bertz CT molecular complexity index is 1090. The Hall–Kier alpha value is -2.63. The Labute approximate surface area is 186 Å². The number of likely N-dealkylation sites (N-methyl/N-ethyl adjacent to an activating group) is 1. The van der Waals surface area contributed by atoms with Gasteiger partial charge in [0.05, 0.1) is 26.8 Å². The number of benzene rings is 2. The quantitative estimate of drug-likeness (QED) is 0.545. The van der Waals surface area contributed by atoms with Crippen molar-refractivity contribution in [3.63, 3.8) is 0 Å². The van der Waals surface area contributed by atoms with Gasteiger partial charge in [-0.05, 0) is 44.0 Å². The van der Waals surface area contributed by atoms with E-state index in [-0.39, 0.29) is 18.4 Å². The average molecular weight is 444 g/mol. The van der Waals surface area contributed by atoms with Gasteiger partial charge in [-0.25, -0.2) is 0 Å². The van der Waals surface area contributed by atoms with Crippen LogP contribution in [0.1, 0.15) is 35.5 Å². The summed E-state index contributed by atoms with van der Waals surface area (Å²) in [5, 5.41) is 4.18.